The van der Waals surface area contributed by atoms with E-state index in [2.05, 4.69) is 15.8 Å². The number of rotatable bonds is 8. The van der Waals surface area contributed by atoms with E-state index in [1.165, 1.54) is 24.5 Å². The first kappa shape index (κ1) is 21.0. The fourth-order valence-corrected chi connectivity index (χ4v) is 2.72. The number of hydrogen-bond acceptors (Lipinski definition) is 6. The number of nitrogens with one attached hydrogen (secondary N) is 2. The number of anilines is 2. The summed E-state index contributed by atoms with van der Waals surface area (Å²) < 4.78 is 9.91. The van der Waals surface area contributed by atoms with Gasteiger partial charge < -0.3 is 25.0 Å². The Hall–Kier alpha value is -3.69. The number of carboxylic acids is 1. The number of ether oxygens (including phenoxy) is 1. The maximum absolute atomic E-state index is 12.0. The van der Waals surface area contributed by atoms with Crippen LogP contribution in [0.15, 0.2) is 59.4 Å². The number of nitrogens with zero attached hydrogens (tertiary/aromatic N) is 1. The summed E-state index contributed by atoms with van der Waals surface area (Å²) >= 11 is 5.77. The van der Waals surface area contributed by atoms with E-state index in [4.69, 9.17) is 26.0 Å². The zero-order valence-electron chi connectivity index (χ0n) is 15.4. The van der Waals surface area contributed by atoms with Gasteiger partial charge in [-0.05, 0) is 35.9 Å². The second-order valence-corrected chi connectivity index (χ2v) is 6.51. The van der Waals surface area contributed by atoms with Crippen molar-refractivity contribution in [1.29, 1.82) is 0 Å². The minimum Gasteiger partial charge on any atom is -0.478 e. The minimum atomic E-state index is -1.23. The number of carbonyl (C=O) groups is 3. The number of halogens is 1. The average Bonchev–Trinajstić information content (AvgIpc) is 3.24. The third-order valence-electron chi connectivity index (χ3n) is 3.86. The van der Waals surface area contributed by atoms with E-state index >= 15 is 0 Å². The molecule has 2 aromatic carbocycles. The fourth-order valence-electron chi connectivity index (χ4n) is 2.55. The largest absolute Gasteiger partial charge is 0.478 e. The summed E-state index contributed by atoms with van der Waals surface area (Å²) in [5.74, 6) is -2.30. The van der Waals surface area contributed by atoms with Crippen molar-refractivity contribution in [2.24, 2.45) is 0 Å². The molecule has 10 heteroatoms. The Morgan fingerprint density at radius 3 is 2.50 bits per heavy atom. The third kappa shape index (κ3) is 5.66. The topological polar surface area (TPSA) is 131 Å². The molecule has 0 saturated carbocycles. The standard InChI is InChI=1S/C20H16ClN3O6/c21-14-4-5-17(16(7-14)20(27)28)24-19(26)11-29-10-18(25)23-15-3-1-2-12(6-15)13-8-22-30-9-13/h1-9H,10-11H2,(H,23,25)(H,24,26)(H,27,28). The first-order valence-corrected chi connectivity index (χ1v) is 9.00. The maximum Gasteiger partial charge on any atom is 0.337 e. The highest BCUT2D eigenvalue weighted by molar-refractivity contribution is 6.31. The smallest absolute Gasteiger partial charge is 0.337 e. The number of amides is 2. The highest BCUT2D eigenvalue weighted by Crippen LogP contribution is 2.22. The van der Waals surface area contributed by atoms with Crippen LogP contribution in [0.1, 0.15) is 10.4 Å². The molecule has 2 amide bonds. The van der Waals surface area contributed by atoms with E-state index in [1.54, 1.807) is 24.4 Å². The lowest BCUT2D eigenvalue weighted by atomic mass is 10.1. The second-order valence-electron chi connectivity index (χ2n) is 6.08. The van der Waals surface area contributed by atoms with Crippen LogP contribution in [-0.2, 0) is 14.3 Å². The summed E-state index contributed by atoms with van der Waals surface area (Å²) in [7, 11) is 0. The van der Waals surface area contributed by atoms with Crippen molar-refractivity contribution < 1.29 is 28.8 Å². The molecule has 0 bridgehead atoms. The van der Waals surface area contributed by atoms with Gasteiger partial charge in [0.25, 0.3) is 0 Å². The highest BCUT2D eigenvalue weighted by Gasteiger charge is 2.14. The predicted octanol–water partition coefficient (Wildman–Crippen LogP) is 3.29. The number of benzene rings is 2. The molecule has 3 aromatic rings. The van der Waals surface area contributed by atoms with Crippen LogP contribution in [-0.4, -0.2) is 41.3 Å². The Bertz CT molecular complexity index is 1070. The van der Waals surface area contributed by atoms with E-state index in [0.29, 0.717) is 5.69 Å². The van der Waals surface area contributed by atoms with E-state index < -0.39 is 24.4 Å². The van der Waals surface area contributed by atoms with Gasteiger partial charge in [-0.15, -0.1) is 0 Å². The number of aromatic nitrogens is 1. The zero-order chi connectivity index (χ0) is 21.5. The van der Waals surface area contributed by atoms with Crippen LogP contribution >= 0.6 is 11.6 Å². The minimum absolute atomic E-state index is 0.0792. The van der Waals surface area contributed by atoms with Crippen molar-refractivity contribution in [3.8, 4) is 11.1 Å². The van der Waals surface area contributed by atoms with Crippen molar-refractivity contribution in [3.05, 3.63) is 65.5 Å². The molecule has 30 heavy (non-hydrogen) atoms. The summed E-state index contributed by atoms with van der Waals surface area (Å²) in [6.45, 7) is -0.798. The highest BCUT2D eigenvalue weighted by atomic mass is 35.5. The summed E-state index contributed by atoms with van der Waals surface area (Å²) in [6.07, 6.45) is 3.04. The predicted molar refractivity (Wildman–Crippen MR) is 108 cm³/mol. The van der Waals surface area contributed by atoms with Gasteiger partial charge in [0.15, 0.2) is 0 Å². The van der Waals surface area contributed by atoms with Crippen LogP contribution in [0.3, 0.4) is 0 Å². The molecule has 0 radical (unpaired) electrons. The van der Waals surface area contributed by atoms with E-state index in [1.807, 2.05) is 6.07 Å². The van der Waals surface area contributed by atoms with E-state index in [0.717, 1.165) is 11.1 Å². The van der Waals surface area contributed by atoms with Gasteiger partial charge in [-0.3, -0.25) is 9.59 Å². The Balaban J connectivity index is 1.49. The van der Waals surface area contributed by atoms with E-state index in [-0.39, 0.29) is 22.9 Å². The molecule has 1 heterocycles. The van der Waals surface area contributed by atoms with Crippen molar-refractivity contribution in [1.82, 2.24) is 5.16 Å². The number of hydrogen-bond donors (Lipinski definition) is 3. The van der Waals surface area contributed by atoms with Crippen molar-refractivity contribution in [3.63, 3.8) is 0 Å². The number of carbonyl (C=O) groups excluding carboxylic acids is 2. The summed E-state index contributed by atoms with van der Waals surface area (Å²) in [5.41, 5.74) is 2.05. The van der Waals surface area contributed by atoms with Gasteiger partial charge in [-0.25, -0.2) is 4.79 Å². The molecule has 0 saturated heterocycles. The first-order chi connectivity index (χ1) is 14.4. The Kier molecular flexibility index (Phi) is 6.79. The first-order valence-electron chi connectivity index (χ1n) is 8.62. The van der Waals surface area contributed by atoms with Gasteiger partial charge >= 0.3 is 5.97 Å². The van der Waals surface area contributed by atoms with Crippen molar-refractivity contribution >= 4 is 40.8 Å². The maximum atomic E-state index is 12.0. The molecular formula is C20H16ClN3O6. The molecule has 0 fully saturated rings. The van der Waals surface area contributed by atoms with Crippen LogP contribution in [0.5, 0.6) is 0 Å². The van der Waals surface area contributed by atoms with Crippen LogP contribution in [0, 0.1) is 0 Å². The van der Waals surface area contributed by atoms with Gasteiger partial charge in [0.05, 0.1) is 17.4 Å². The summed E-state index contributed by atoms with van der Waals surface area (Å²) in [4.78, 5) is 35.2. The molecule has 0 aliphatic carbocycles. The van der Waals surface area contributed by atoms with Crippen LogP contribution in [0.25, 0.3) is 11.1 Å². The average molecular weight is 430 g/mol. The SMILES string of the molecule is O=C(COCC(=O)Nc1ccc(Cl)cc1C(=O)O)Nc1cccc(-c2cnoc2)c1. The molecule has 154 valence electrons. The monoisotopic (exact) mass is 429 g/mol. The van der Waals surface area contributed by atoms with Gasteiger partial charge in [0.2, 0.25) is 11.8 Å². The van der Waals surface area contributed by atoms with Gasteiger partial charge in [0, 0.05) is 16.3 Å². The fraction of sp³-hybridized carbons (Fsp3) is 0.100. The molecule has 9 nitrogen and oxygen atoms in total. The van der Waals surface area contributed by atoms with Crippen LogP contribution < -0.4 is 10.6 Å². The van der Waals surface area contributed by atoms with E-state index in [9.17, 15) is 14.4 Å². The molecule has 0 spiro atoms. The third-order valence-corrected chi connectivity index (χ3v) is 4.10. The molecule has 3 rings (SSSR count). The second kappa shape index (κ2) is 9.68. The Labute approximate surface area is 175 Å². The number of carboxylic acid groups (broad SMARTS) is 1. The molecule has 0 aliphatic rings. The quantitative estimate of drug-likeness (QED) is 0.500. The lowest BCUT2D eigenvalue weighted by Gasteiger charge is -2.10. The molecule has 1 aromatic heterocycles. The van der Waals surface area contributed by atoms with Crippen LogP contribution in [0.4, 0.5) is 11.4 Å². The molecule has 3 N–H and O–H groups in total. The Morgan fingerprint density at radius 2 is 1.80 bits per heavy atom. The molecule has 0 atom stereocenters. The van der Waals surface area contributed by atoms with Gasteiger partial charge in [-0.2, -0.15) is 0 Å². The lowest BCUT2D eigenvalue weighted by molar-refractivity contribution is -0.125. The molecule has 0 aliphatic heterocycles. The van der Waals surface area contributed by atoms with Crippen LogP contribution in [0.2, 0.25) is 5.02 Å². The van der Waals surface area contributed by atoms with Crippen molar-refractivity contribution in [2.75, 3.05) is 23.8 Å². The summed E-state index contributed by atoms with van der Waals surface area (Å²) in [5, 5.41) is 18.1. The molecule has 0 unspecified atom stereocenters. The molecular weight excluding hydrogens is 414 g/mol. The van der Waals surface area contributed by atoms with Gasteiger partial charge in [0.1, 0.15) is 19.5 Å². The summed E-state index contributed by atoms with van der Waals surface area (Å²) in [6, 6.07) is 11.1. The van der Waals surface area contributed by atoms with Crippen molar-refractivity contribution in [2.45, 2.75) is 0 Å². The normalized spacial score (nSPS) is 10.4. The number of aromatic carboxylic acids is 1. The lowest BCUT2D eigenvalue weighted by Crippen LogP contribution is -2.24. The van der Waals surface area contributed by atoms with Gasteiger partial charge in [-0.1, -0.05) is 28.9 Å². The Morgan fingerprint density at radius 1 is 1.03 bits per heavy atom. The zero-order valence-corrected chi connectivity index (χ0v) is 16.2.